The largest absolute Gasteiger partial charge is 0.494 e. The van der Waals surface area contributed by atoms with Crippen molar-refractivity contribution in [3.63, 3.8) is 0 Å². The molecule has 3 aromatic rings. The van der Waals surface area contributed by atoms with E-state index < -0.39 is 0 Å². The number of amides is 1. The molecule has 0 atom stereocenters. The molecule has 3 rings (SSSR count). The van der Waals surface area contributed by atoms with Gasteiger partial charge in [-0.3, -0.25) is 4.79 Å². The summed E-state index contributed by atoms with van der Waals surface area (Å²) in [5.74, 6) is 0.753. The second-order valence-electron chi connectivity index (χ2n) is 7.16. The minimum atomic E-state index is -0.0736. The van der Waals surface area contributed by atoms with Crippen molar-refractivity contribution in [2.75, 3.05) is 11.9 Å². The number of hydrogen-bond acceptors (Lipinski definition) is 6. The van der Waals surface area contributed by atoms with E-state index in [4.69, 9.17) is 4.74 Å². The molecule has 2 aromatic heterocycles. The van der Waals surface area contributed by atoms with Crippen LogP contribution in [0.2, 0.25) is 0 Å². The molecular formula is C20H23N3O2S2. The number of ether oxygens (including phenoxy) is 1. The lowest BCUT2D eigenvalue weighted by atomic mass is 9.87. The Bertz CT molecular complexity index is 866. The molecule has 5 nitrogen and oxygen atoms in total. The smallest absolute Gasteiger partial charge is 0.226 e. The van der Waals surface area contributed by atoms with Crippen LogP contribution in [0.3, 0.4) is 0 Å². The van der Waals surface area contributed by atoms with Crippen molar-refractivity contribution in [3.8, 4) is 15.6 Å². The highest BCUT2D eigenvalue weighted by Gasteiger charge is 2.13. The average molecular weight is 402 g/mol. The van der Waals surface area contributed by atoms with Crippen molar-refractivity contribution >= 4 is 33.7 Å². The molecule has 0 bridgehead atoms. The molecule has 0 saturated heterocycles. The number of nitrogens with one attached hydrogen (secondary N) is 1. The Morgan fingerprint density at radius 2 is 1.93 bits per heavy atom. The molecule has 0 fully saturated rings. The zero-order valence-electron chi connectivity index (χ0n) is 15.7. The van der Waals surface area contributed by atoms with E-state index in [0.29, 0.717) is 24.6 Å². The molecule has 0 aliphatic carbocycles. The van der Waals surface area contributed by atoms with Gasteiger partial charge in [-0.2, -0.15) is 0 Å². The molecule has 27 heavy (non-hydrogen) atoms. The highest BCUT2D eigenvalue weighted by Crippen LogP contribution is 2.29. The van der Waals surface area contributed by atoms with Gasteiger partial charge in [-0.25, -0.2) is 0 Å². The first-order chi connectivity index (χ1) is 12.9. The van der Waals surface area contributed by atoms with Gasteiger partial charge in [0.25, 0.3) is 0 Å². The molecule has 0 radical (unpaired) electrons. The quantitative estimate of drug-likeness (QED) is 0.541. The summed E-state index contributed by atoms with van der Waals surface area (Å²) < 4.78 is 5.72. The predicted molar refractivity (Wildman–Crippen MR) is 112 cm³/mol. The molecule has 0 spiro atoms. The molecule has 0 aliphatic heterocycles. The van der Waals surface area contributed by atoms with Crippen LogP contribution in [0.5, 0.6) is 5.75 Å². The summed E-state index contributed by atoms with van der Waals surface area (Å²) in [6.07, 6.45) is 1.03. The van der Waals surface area contributed by atoms with Crippen LogP contribution in [0.1, 0.15) is 39.2 Å². The van der Waals surface area contributed by atoms with Crippen molar-refractivity contribution in [1.29, 1.82) is 0 Å². The van der Waals surface area contributed by atoms with Crippen molar-refractivity contribution in [2.45, 2.75) is 39.0 Å². The zero-order valence-corrected chi connectivity index (χ0v) is 17.3. The van der Waals surface area contributed by atoms with E-state index in [1.165, 1.54) is 16.9 Å². The summed E-state index contributed by atoms with van der Waals surface area (Å²) in [5.41, 5.74) is 1.40. The Balaban J connectivity index is 1.40. The number of rotatable bonds is 7. The lowest BCUT2D eigenvalue weighted by Gasteiger charge is -2.19. The number of carbonyl (C=O) groups is 1. The third-order valence-electron chi connectivity index (χ3n) is 3.94. The van der Waals surface area contributed by atoms with Crippen molar-refractivity contribution in [2.24, 2.45) is 0 Å². The Morgan fingerprint density at radius 3 is 2.59 bits per heavy atom. The van der Waals surface area contributed by atoms with Gasteiger partial charge in [0.1, 0.15) is 5.75 Å². The summed E-state index contributed by atoms with van der Waals surface area (Å²) in [6.45, 7) is 7.05. The van der Waals surface area contributed by atoms with Gasteiger partial charge in [0, 0.05) is 6.42 Å². The van der Waals surface area contributed by atoms with E-state index in [9.17, 15) is 4.79 Å². The predicted octanol–water partition coefficient (Wildman–Crippen LogP) is 5.36. The van der Waals surface area contributed by atoms with Crippen molar-refractivity contribution in [1.82, 2.24) is 10.2 Å². The fraction of sp³-hybridized carbons (Fsp3) is 0.350. The summed E-state index contributed by atoms with van der Waals surface area (Å²) >= 11 is 2.99. The molecule has 1 N–H and O–H groups in total. The van der Waals surface area contributed by atoms with Crippen LogP contribution in [-0.2, 0) is 10.2 Å². The van der Waals surface area contributed by atoms with Crippen LogP contribution < -0.4 is 10.1 Å². The molecule has 0 unspecified atom stereocenters. The van der Waals surface area contributed by atoms with Gasteiger partial charge in [-0.05, 0) is 41.0 Å². The highest BCUT2D eigenvalue weighted by molar-refractivity contribution is 7.23. The van der Waals surface area contributed by atoms with Crippen molar-refractivity contribution < 1.29 is 9.53 Å². The van der Waals surface area contributed by atoms with Crippen LogP contribution in [0, 0.1) is 0 Å². The summed E-state index contributed by atoms with van der Waals surface area (Å²) in [6, 6.07) is 12.1. The molecule has 1 amide bonds. The number of nitrogens with zero attached hydrogens (tertiary/aromatic N) is 2. The van der Waals surface area contributed by atoms with Gasteiger partial charge >= 0.3 is 0 Å². The maximum Gasteiger partial charge on any atom is 0.226 e. The minimum absolute atomic E-state index is 0.0736. The van der Waals surface area contributed by atoms with Gasteiger partial charge in [0.15, 0.2) is 5.01 Å². The molecule has 1 aromatic carbocycles. The van der Waals surface area contributed by atoms with Crippen LogP contribution >= 0.6 is 22.7 Å². The highest BCUT2D eigenvalue weighted by atomic mass is 32.1. The Morgan fingerprint density at radius 1 is 1.15 bits per heavy atom. The number of carbonyl (C=O) groups excluding carboxylic acids is 1. The molecule has 142 valence electrons. The fourth-order valence-corrected chi connectivity index (χ4v) is 3.98. The number of benzene rings is 1. The Kier molecular flexibility index (Phi) is 6.23. The number of hydrogen-bond donors (Lipinski definition) is 1. The first-order valence-corrected chi connectivity index (χ1v) is 10.5. The summed E-state index contributed by atoms with van der Waals surface area (Å²) in [4.78, 5) is 13.1. The second kappa shape index (κ2) is 8.63. The van der Waals surface area contributed by atoms with E-state index in [1.54, 1.807) is 11.3 Å². The maximum atomic E-state index is 12.0. The van der Waals surface area contributed by atoms with E-state index in [1.807, 2.05) is 29.6 Å². The summed E-state index contributed by atoms with van der Waals surface area (Å²) in [7, 11) is 0. The van der Waals surface area contributed by atoms with E-state index in [2.05, 4.69) is 48.4 Å². The van der Waals surface area contributed by atoms with E-state index >= 15 is 0 Å². The molecule has 7 heteroatoms. The molecule has 0 saturated carbocycles. The normalized spacial score (nSPS) is 11.4. The minimum Gasteiger partial charge on any atom is -0.494 e. The first kappa shape index (κ1) is 19.5. The van der Waals surface area contributed by atoms with Crippen molar-refractivity contribution in [3.05, 3.63) is 47.3 Å². The number of thiophene rings is 1. The first-order valence-electron chi connectivity index (χ1n) is 8.82. The SMILES string of the molecule is CC(C)(C)c1ccc(OCCCC(=O)Nc2nnc(-c3cccs3)s2)cc1. The van der Waals surface area contributed by atoms with Gasteiger partial charge < -0.3 is 10.1 Å². The Labute approximate surface area is 167 Å². The van der Waals surface area contributed by atoms with Crippen LogP contribution in [0.4, 0.5) is 5.13 Å². The monoisotopic (exact) mass is 401 g/mol. The number of anilines is 1. The molecular weight excluding hydrogens is 378 g/mol. The van der Waals surface area contributed by atoms with Gasteiger partial charge in [-0.15, -0.1) is 21.5 Å². The zero-order chi connectivity index (χ0) is 19.3. The standard InChI is InChI=1S/C20H23N3O2S2/c1-20(2,3)14-8-10-15(11-9-14)25-12-4-7-17(24)21-19-23-22-18(27-19)16-6-5-13-26-16/h5-6,8-11,13H,4,7,12H2,1-3H3,(H,21,23,24). The third kappa shape index (κ3) is 5.61. The fourth-order valence-electron chi connectivity index (χ4n) is 2.43. The van der Waals surface area contributed by atoms with Crippen LogP contribution in [0.25, 0.3) is 9.88 Å². The lowest BCUT2D eigenvalue weighted by Crippen LogP contribution is -2.13. The molecule has 0 aliphatic rings. The average Bonchev–Trinajstić information content (AvgIpc) is 3.30. The van der Waals surface area contributed by atoms with E-state index in [0.717, 1.165) is 15.6 Å². The third-order valence-corrected chi connectivity index (χ3v) is 5.82. The van der Waals surface area contributed by atoms with Gasteiger partial charge in [-0.1, -0.05) is 50.3 Å². The van der Waals surface area contributed by atoms with Gasteiger partial charge in [0.05, 0.1) is 11.5 Å². The topological polar surface area (TPSA) is 64.1 Å². The molecule has 2 heterocycles. The van der Waals surface area contributed by atoms with Crippen LogP contribution in [0.15, 0.2) is 41.8 Å². The summed E-state index contributed by atoms with van der Waals surface area (Å²) in [5, 5.41) is 14.3. The second-order valence-corrected chi connectivity index (χ2v) is 9.09. The Hall–Kier alpha value is -2.25. The number of aromatic nitrogens is 2. The maximum absolute atomic E-state index is 12.0. The van der Waals surface area contributed by atoms with Gasteiger partial charge in [0.2, 0.25) is 11.0 Å². The van der Waals surface area contributed by atoms with Crippen LogP contribution in [-0.4, -0.2) is 22.7 Å². The van der Waals surface area contributed by atoms with E-state index in [-0.39, 0.29) is 11.3 Å². The lowest BCUT2D eigenvalue weighted by molar-refractivity contribution is -0.116.